The van der Waals surface area contributed by atoms with Gasteiger partial charge in [0, 0.05) is 16.7 Å². The second-order valence-corrected chi connectivity index (χ2v) is 5.13. The van der Waals surface area contributed by atoms with Crippen molar-refractivity contribution in [2.45, 2.75) is 6.92 Å². The van der Waals surface area contributed by atoms with E-state index in [1.165, 1.54) is 6.07 Å². The fourth-order valence-corrected chi connectivity index (χ4v) is 1.98. The summed E-state index contributed by atoms with van der Waals surface area (Å²) in [5.41, 5.74) is 5.01. The Labute approximate surface area is 136 Å². The Bertz CT molecular complexity index is 775. The Balaban J connectivity index is 2.11. The van der Waals surface area contributed by atoms with E-state index in [2.05, 4.69) is 10.9 Å². The third kappa shape index (κ3) is 4.04. The summed E-state index contributed by atoms with van der Waals surface area (Å²) in [4.78, 5) is 34.1. The molecule has 0 heterocycles. The lowest BCUT2D eigenvalue weighted by atomic mass is 10.1. The molecule has 23 heavy (non-hydrogen) atoms. The number of hydrazine groups is 1. The highest BCUT2D eigenvalue weighted by atomic mass is 35.5. The van der Waals surface area contributed by atoms with Gasteiger partial charge in [0.15, 0.2) is 0 Å². The molecule has 0 aliphatic carbocycles. The molecule has 0 radical (unpaired) electrons. The molecule has 0 fully saturated rings. The Morgan fingerprint density at radius 2 is 1.65 bits per heavy atom. The molecule has 0 spiro atoms. The van der Waals surface area contributed by atoms with Gasteiger partial charge in [-0.05, 0) is 31.2 Å². The minimum absolute atomic E-state index is 0.172. The van der Waals surface area contributed by atoms with E-state index in [1.54, 1.807) is 24.3 Å². The van der Waals surface area contributed by atoms with Crippen molar-refractivity contribution in [1.82, 2.24) is 10.9 Å². The molecule has 8 heteroatoms. The maximum absolute atomic E-state index is 12.0. The van der Waals surface area contributed by atoms with Crippen molar-refractivity contribution >= 4 is 29.1 Å². The molecule has 0 aromatic heterocycles. The lowest BCUT2D eigenvalue weighted by Crippen LogP contribution is -2.41. The molecule has 0 unspecified atom stereocenters. The van der Waals surface area contributed by atoms with Gasteiger partial charge in [-0.2, -0.15) is 0 Å². The number of halogens is 1. The molecule has 2 N–H and O–H groups in total. The van der Waals surface area contributed by atoms with Crippen molar-refractivity contribution in [1.29, 1.82) is 0 Å². The van der Waals surface area contributed by atoms with Crippen molar-refractivity contribution < 1.29 is 14.5 Å². The van der Waals surface area contributed by atoms with Gasteiger partial charge in [-0.1, -0.05) is 29.3 Å². The third-order valence-corrected chi connectivity index (χ3v) is 3.24. The van der Waals surface area contributed by atoms with Crippen molar-refractivity contribution in [3.8, 4) is 0 Å². The second-order valence-electron chi connectivity index (χ2n) is 4.69. The standard InChI is InChI=1S/C15H12ClN3O4/c1-9-2-4-10(5-3-9)14(20)17-18-15(21)12-8-11(16)6-7-13(12)19(22)23/h2-8H,1H3,(H,17,20)(H,18,21). The molecule has 0 saturated carbocycles. The van der Waals surface area contributed by atoms with Crippen molar-refractivity contribution in [3.05, 3.63) is 74.3 Å². The molecule has 0 bridgehead atoms. The number of benzene rings is 2. The maximum atomic E-state index is 12.0. The fourth-order valence-electron chi connectivity index (χ4n) is 1.81. The van der Waals surface area contributed by atoms with Crippen LogP contribution in [0.25, 0.3) is 0 Å². The van der Waals surface area contributed by atoms with E-state index >= 15 is 0 Å². The number of hydrogen-bond donors (Lipinski definition) is 2. The summed E-state index contributed by atoms with van der Waals surface area (Å²) in [5.74, 6) is -1.37. The van der Waals surface area contributed by atoms with E-state index in [4.69, 9.17) is 11.6 Å². The predicted octanol–water partition coefficient (Wildman–Crippen LogP) is 2.63. The molecular formula is C15H12ClN3O4. The van der Waals surface area contributed by atoms with Crippen LogP contribution in [-0.2, 0) is 0 Å². The van der Waals surface area contributed by atoms with E-state index in [9.17, 15) is 19.7 Å². The monoisotopic (exact) mass is 333 g/mol. The number of nitrogens with zero attached hydrogens (tertiary/aromatic N) is 1. The van der Waals surface area contributed by atoms with Gasteiger partial charge in [0.25, 0.3) is 17.5 Å². The third-order valence-electron chi connectivity index (χ3n) is 3.00. The van der Waals surface area contributed by atoms with Gasteiger partial charge >= 0.3 is 0 Å². The van der Waals surface area contributed by atoms with Gasteiger partial charge < -0.3 is 0 Å². The number of nitro groups is 1. The van der Waals surface area contributed by atoms with E-state index in [0.717, 1.165) is 17.7 Å². The number of nitro benzene ring substituents is 1. The summed E-state index contributed by atoms with van der Waals surface area (Å²) < 4.78 is 0. The first-order valence-corrected chi connectivity index (χ1v) is 6.87. The van der Waals surface area contributed by atoms with Crippen LogP contribution in [-0.4, -0.2) is 16.7 Å². The van der Waals surface area contributed by atoms with Crippen LogP contribution in [0.4, 0.5) is 5.69 Å². The van der Waals surface area contributed by atoms with E-state index < -0.39 is 22.4 Å². The smallest absolute Gasteiger partial charge is 0.267 e. The lowest BCUT2D eigenvalue weighted by molar-refractivity contribution is -0.385. The highest BCUT2D eigenvalue weighted by molar-refractivity contribution is 6.31. The van der Waals surface area contributed by atoms with Crippen molar-refractivity contribution in [3.63, 3.8) is 0 Å². The summed E-state index contributed by atoms with van der Waals surface area (Å²) in [5, 5.41) is 11.1. The minimum atomic E-state index is -0.834. The largest absolute Gasteiger partial charge is 0.282 e. The van der Waals surface area contributed by atoms with Gasteiger partial charge in [-0.15, -0.1) is 0 Å². The highest BCUT2D eigenvalue weighted by Crippen LogP contribution is 2.22. The van der Waals surface area contributed by atoms with Gasteiger partial charge in [-0.25, -0.2) is 0 Å². The van der Waals surface area contributed by atoms with Crippen LogP contribution in [0.1, 0.15) is 26.3 Å². The number of nitrogens with one attached hydrogen (secondary N) is 2. The Hall–Kier alpha value is -2.93. The molecule has 0 atom stereocenters. The summed E-state index contributed by atoms with van der Waals surface area (Å²) in [6, 6.07) is 10.3. The molecule has 7 nitrogen and oxygen atoms in total. The van der Waals surface area contributed by atoms with Crippen LogP contribution >= 0.6 is 11.6 Å². The van der Waals surface area contributed by atoms with Crippen LogP contribution in [0.3, 0.4) is 0 Å². The first-order valence-electron chi connectivity index (χ1n) is 6.50. The lowest BCUT2D eigenvalue weighted by Gasteiger charge is -2.08. The molecule has 0 aliphatic rings. The number of carbonyl (C=O) groups is 2. The van der Waals surface area contributed by atoms with E-state index in [1.807, 2.05) is 6.92 Å². The Kier molecular flexibility index (Phi) is 4.92. The molecule has 2 amide bonds. The number of rotatable bonds is 3. The zero-order valence-corrected chi connectivity index (χ0v) is 12.8. The zero-order chi connectivity index (χ0) is 17.0. The molecule has 0 saturated heterocycles. The van der Waals surface area contributed by atoms with Gasteiger partial charge in [0.1, 0.15) is 5.56 Å². The molecule has 118 valence electrons. The zero-order valence-electron chi connectivity index (χ0n) is 12.0. The maximum Gasteiger partial charge on any atom is 0.282 e. The van der Waals surface area contributed by atoms with Crippen molar-refractivity contribution in [2.75, 3.05) is 0 Å². The van der Waals surface area contributed by atoms with E-state index in [-0.39, 0.29) is 10.6 Å². The predicted molar refractivity (Wildman–Crippen MR) is 84.2 cm³/mol. The van der Waals surface area contributed by atoms with Gasteiger partial charge in [0.2, 0.25) is 0 Å². The number of aryl methyl sites for hydroxylation is 1. The molecular weight excluding hydrogens is 322 g/mol. The van der Waals surface area contributed by atoms with Crippen LogP contribution in [0, 0.1) is 17.0 Å². The normalized spacial score (nSPS) is 10.0. The van der Waals surface area contributed by atoms with Crippen LogP contribution in [0.15, 0.2) is 42.5 Å². The van der Waals surface area contributed by atoms with Crippen LogP contribution < -0.4 is 10.9 Å². The van der Waals surface area contributed by atoms with Crippen LogP contribution in [0.2, 0.25) is 5.02 Å². The minimum Gasteiger partial charge on any atom is -0.267 e. The van der Waals surface area contributed by atoms with Gasteiger partial charge in [-0.3, -0.25) is 30.6 Å². The highest BCUT2D eigenvalue weighted by Gasteiger charge is 2.21. The average molecular weight is 334 g/mol. The quantitative estimate of drug-likeness (QED) is 0.665. The van der Waals surface area contributed by atoms with Crippen LogP contribution in [0.5, 0.6) is 0 Å². The first-order chi connectivity index (χ1) is 10.9. The fraction of sp³-hybridized carbons (Fsp3) is 0.0667. The summed E-state index contributed by atoms with van der Waals surface area (Å²) in [6.45, 7) is 1.88. The molecule has 0 aliphatic heterocycles. The summed E-state index contributed by atoms with van der Waals surface area (Å²) >= 11 is 5.75. The SMILES string of the molecule is Cc1ccc(C(=O)NNC(=O)c2cc(Cl)ccc2[N+](=O)[O-])cc1. The summed E-state index contributed by atoms with van der Waals surface area (Å²) in [6.07, 6.45) is 0. The molecule has 2 aromatic carbocycles. The average Bonchev–Trinajstić information content (AvgIpc) is 2.52. The molecule has 2 aromatic rings. The topological polar surface area (TPSA) is 101 Å². The number of amides is 2. The first kappa shape index (κ1) is 16.4. The summed E-state index contributed by atoms with van der Waals surface area (Å²) in [7, 11) is 0. The second kappa shape index (κ2) is 6.89. The van der Waals surface area contributed by atoms with Crippen molar-refractivity contribution in [2.24, 2.45) is 0 Å². The Morgan fingerprint density at radius 1 is 1.04 bits per heavy atom. The number of hydrogen-bond acceptors (Lipinski definition) is 4. The molecule has 2 rings (SSSR count). The number of carbonyl (C=O) groups excluding carboxylic acids is 2. The Morgan fingerprint density at radius 3 is 2.26 bits per heavy atom. The van der Waals surface area contributed by atoms with Gasteiger partial charge in [0.05, 0.1) is 4.92 Å². The van der Waals surface area contributed by atoms with E-state index in [0.29, 0.717) is 5.56 Å².